The Morgan fingerprint density at radius 1 is 1.11 bits per heavy atom. The smallest absolute Gasteiger partial charge is 0.319 e. The van der Waals surface area contributed by atoms with Crippen LogP contribution in [0.3, 0.4) is 0 Å². The van der Waals surface area contributed by atoms with Gasteiger partial charge in [-0.15, -0.1) is 0 Å². The molecule has 2 aromatic heterocycles. The van der Waals surface area contributed by atoms with Crippen molar-refractivity contribution in [2.45, 2.75) is 70.3 Å². The van der Waals surface area contributed by atoms with Crippen LogP contribution in [0.4, 0.5) is 14.6 Å². The highest BCUT2D eigenvalue weighted by molar-refractivity contribution is 6.01. The molecule has 2 aliphatic heterocycles. The molecule has 1 spiro atoms. The van der Waals surface area contributed by atoms with Crippen molar-refractivity contribution in [2.75, 3.05) is 51.3 Å². The van der Waals surface area contributed by atoms with Gasteiger partial charge in [0.15, 0.2) is 5.82 Å². The van der Waals surface area contributed by atoms with E-state index in [4.69, 9.17) is 14.5 Å². The third-order valence-corrected chi connectivity index (χ3v) is 11.1. The van der Waals surface area contributed by atoms with Crippen molar-refractivity contribution in [3.8, 4) is 23.0 Å². The summed E-state index contributed by atoms with van der Waals surface area (Å²) in [6, 6.07) is 6.15. The molecule has 0 radical (unpaired) electrons. The maximum absolute atomic E-state index is 16.9. The minimum atomic E-state index is -0.651. The van der Waals surface area contributed by atoms with Gasteiger partial charge < -0.3 is 24.4 Å². The van der Waals surface area contributed by atoms with Crippen LogP contribution in [-0.4, -0.2) is 77.0 Å². The summed E-state index contributed by atoms with van der Waals surface area (Å²) in [5, 5.41) is 12.2. The number of phenols is 1. The first kappa shape index (κ1) is 30.7. The monoisotopic (exact) mass is 643 g/mol. The number of halogens is 2. The van der Waals surface area contributed by atoms with E-state index in [0.717, 1.165) is 64.3 Å². The lowest BCUT2D eigenvalue weighted by Gasteiger charge is -2.48. The molecular formula is C37H43F2N5O3. The summed E-state index contributed by atoms with van der Waals surface area (Å²) in [5.41, 5.74) is 0.721. The zero-order valence-corrected chi connectivity index (χ0v) is 27.3. The summed E-state index contributed by atoms with van der Waals surface area (Å²) >= 11 is 0. The van der Waals surface area contributed by atoms with Crippen LogP contribution in [0.25, 0.3) is 32.9 Å². The number of aryl methyl sites for hydroxylation is 1. The molecule has 248 valence electrons. The number of phenolic OH excluding ortho intramolecular Hbond substituents is 1. The highest BCUT2D eigenvalue weighted by atomic mass is 19.1. The molecule has 10 heteroatoms. The highest BCUT2D eigenvalue weighted by Gasteiger charge is 2.45. The Morgan fingerprint density at radius 3 is 2.64 bits per heavy atom. The van der Waals surface area contributed by atoms with Crippen LogP contribution in [-0.2, 0) is 11.2 Å². The number of anilines is 1. The first-order valence-electron chi connectivity index (χ1n) is 17.3. The number of hydrogen-bond donors (Lipinski definition) is 1. The first-order valence-corrected chi connectivity index (χ1v) is 17.3. The van der Waals surface area contributed by atoms with E-state index in [9.17, 15) is 9.50 Å². The van der Waals surface area contributed by atoms with Crippen LogP contribution in [0.1, 0.15) is 63.9 Å². The number of hydrogen-bond acceptors (Lipinski definition) is 8. The summed E-state index contributed by atoms with van der Waals surface area (Å²) in [5.74, 6) is 0.312. The van der Waals surface area contributed by atoms with Gasteiger partial charge in [-0.2, -0.15) is 9.97 Å². The fraction of sp³-hybridized carbons (Fsp3) is 0.541. The fourth-order valence-corrected chi connectivity index (χ4v) is 8.03. The Bertz CT molecular complexity index is 1840. The molecule has 4 aliphatic rings. The molecule has 2 saturated heterocycles. The summed E-state index contributed by atoms with van der Waals surface area (Å²) in [6.45, 7) is 6.57. The second-order valence-corrected chi connectivity index (χ2v) is 14.6. The minimum Gasteiger partial charge on any atom is -0.508 e. The summed E-state index contributed by atoms with van der Waals surface area (Å²) in [4.78, 5) is 18.8. The van der Waals surface area contributed by atoms with Crippen molar-refractivity contribution in [1.29, 1.82) is 0 Å². The standard InChI is InChI=1S/C37H43F2N5O3/c1-3-26-29(38)9-8-24-16-25(45)17-27(30(24)26)32-31(39)33-28(18-40-32)34(44-14-5-10-37(21-44)13-15-47-37)42-35(41-33)46-22-36(11-12-36)20-43(2)19-23-6-4-7-23/h8-9,16-18,23,45H,3-7,10-15,19-22H2,1-2H3/t37-/m0/s1. The minimum absolute atomic E-state index is 0.00280. The molecule has 0 bridgehead atoms. The van der Waals surface area contributed by atoms with Gasteiger partial charge in [-0.25, -0.2) is 8.78 Å². The molecule has 1 N–H and O–H groups in total. The van der Waals surface area contributed by atoms with Gasteiger partial charge in [0, 0.05) is 49.8 Å². The zero-order valence-electron chi connectivity index (χ0n) is 27.3. The van der Waals surface area contributed by atoms with Gasteiger partial charge in [-0.1, -0.05) is 19.4 Å². The number of piperidine rings is 1. The SMILES string of the molecule is CCc1c(F)ccc2cc(O)cc(-c3ncc4c(N5CCC[C@]6(CCO6)C5)nc(OCC5(CN(C)CC6CCC6)CC5)nc4c3F)c12. The predicted molar refractivity (Wildman–Crippen MR) is 178 cm³/mol. The molecular weight excluding hydrogens is 600 g/mol. The van der Waals surface area contributed by atoms with E-state index in [1.165, 1.54) is 31.4 Å². The van der Waals surface area contributed by atoms with Gasteiger partial charge >= 0.3 is 6.01 Å². The molecule has 2 aliphatic carbocycles. The Hall–Kier alpha value is -3.63. The number of rotatable bonds is 10. The number of aromatic nitrogens is 3. The van der Waals surface area contributed by atoms with Crippen molar-refractivity contribution < 1.29 is 23.4 Å². The van der Waals surface area contributed by atoms with Crippen LogP contribution in [0, 0.1) is 23.0 Å². The molecule has 4 aromatic rings. The molecule has 0 unspecified atom stereocenters. The van der Waals surface area contributed by atoms with Crippen LogP contribution >= 0.6 is 0 Å². The summed E-state index contributed by atoms with van der Waals surface area (Å²) < 4.78 is 44.3. The van der Waals surface area contributed by atoms with Crippen LogP contribution in [0.2, 0.25) is 0 Å². The van der Waals surface area contributed by atoms with Crippen LogP contribution in [0.15, 0.2) is 30.5 Å². The zero-order chi connectivity index (χ0) is 32.3. The van der Waals surface area contributed by atoms with Gasteiger partial charge in [-0.05, 0) is 92.4 Å². The third kappa shape index (κ3) is 5.67. The van der Waals surface area contributed by atoms with Crippen molar-refractivity contribution >= 4 is 27.5 Å². The van der Waals surface area contributed by atoms with Gasteiger partial charge in [0.25, 0.3) is 0 Å². The quantitative estimate of drug-likeness (QED) is 0.197. The van der Waals surface area contributed by atoms with Gasteiger partial charge in [-0.3, -0.25) is 4.98 Å². The molecule has 8 nitrogen and oxygen atoms in total. The number of pyridine rings is 1. The molecule has 4 heterocycles. The first-order chi connectivity index (χ1) is 22.8. The van der Waals surface area contributed by atoms with Crippen molar-refractivity contribution in [3.63, 3.8) is 0 Å². The van der Waals surface area contributed by atoms with Crippen molar-refractivity contribution in [3.05, 3.63) is 47.7 Å². The Kier molecular flexibility index (Phi) is 7.71. The van der Waals surface area contributed by atoms with E-state index < -0.39 is 5.82 Å². The number of benzene rings is 2. The molecule has 2 aromatic carbocycles. The normalized spacial score (nSPS) is 22.2. The number of fused-ring (bicyclic) bond motifs is 2. The lowest BCUT2D eigenvalue weighted by molar-refractivity contribution is -0.151. The molecule has 8 rings (SSSR count). The number of nitrogens with zero attached hydrogens (tertiary/aromatic N) is 5. The second kappa shape index (κ2) is 11.8. The molecule has 0 amide bonds. The topological polar surface area (TPSA) is 83.8 Å². The lowest BCUT2D eigenvalue weighted by atomic mass is 9.85. The molecule has 1 atom stereocenters. The maximum Gasteiger partial charge on any atom is 0.319 e. The Balaban J connectivity index is 1.19. The van der Waals surface area contributed by atoms with E-state index in [-0.39, 0.29) is 39.8 Å². The lowest BCUT2D eigenvalue weighted by Crippen LogP contribution is -2.56. The summed E-state index contributed by atoms with van der Waals surface area (Å²) in [7, 11) is 2.20. The van der Waals surface area contributed by atoms with Gasteiger partial charge in [0.05, 0.1) is 24.2 Å². The number of aromatic hydroxyl groups is 1. The van der Waals surface area contributed by atoms with Crippen molar-refractivity contribution in [2.24, 2.45) is 11.3 Å². The Morgan fingerprint density at radius 2 is 1.94 bits per heavy atom. The summed E-state index contributed by atoms with van der Waals surface area (Å²) in [6.07, 6.45) is 11.1. The van der Waals surface area contributed by atoms with Crippen LogP contribution in [0.5, 0.6) is 11.8 Å². The van der Waals surface area contributed by atoms with E-state index >= 15 is 4.39 Å². The average Bonchev–Trinajstić information content (AvgIpc) is 3.80. The predicted octanol–water partition coefficient (Wildman–Crippen LogP) is 7.04. The average molecular weight is 644 g/mol. The fourth-order valence-electron chi connectivity index (χ4n) is 8.03. The van der Waals surface area contributed by atoms with E-state index in [2.05, 4.69) is 26.8 Å². The molecule has 4 fully saturated rings. The van der Waals surface area contributed by atoms with E-state index in [1.807, 2.05) is 6.92 Å². The molecule has 2 saturated carbocycles. The largest absolute Gasteiger partial charge is 0.508 e. The molecule has 47 heavy (non-hydrogen) atoms. The third-order valence-electron chi connectivity index (χ3n) is 11.1. The highest BCUT2D eigenvalue weighted by Crippen LogP contribution is 2.47. The van der Waals surface area contributed by atoms with E-state index in [1.54, 1.807) is 18.3 Å². The Labute approximate surface area is 274 Å². The maximum atomic E-state index is 16.9. The van der Waals surface area contributed by atoms with Crippen molar-refractivity contribution in [1.82, 2.24) is 19.9 Å². The van der Waals surface area contributed by atoms with Gasteiger partial charge in [0.1, 0.15) is 28.6 Å². The van der Waals surface area contributed by atoms with Gasteiger partial charge in [0.2, 0.25) is 0 Å². The number of ether oxygens (including phenoxy) is 2. The van der Waals surface area contributed by atoms with Crippen LogP contribution < -0.4 is 9.64 Å². The van der Waals surface area contributed by atoms with E-state index in [0.29, 0.717) is 52.7 Å². The second-order valence-electron chi connectivity index (χ2n) is 14.6.